The first-order valence-corrected chi connectivity index (χ1v) is 17.7. The molecule has 3 fully saturated rings. The number of H-pyrrole nitrogens is 1. The third-order valence-corrected chi connectivity index (χ3v) is 11.5. The Hall–Kier alpha value is -4.31. The predicted molar refractivity (Wildman–Crippen MR) is 189 cm³/mol. The molecule has 0 bridgehead atoms. The van der Waals surface area contributed by atoms with Crippen LogP contribution >= 0.6 is 0 Å². The van der Waals surface area contributed by atoms with Crippen molar-refractivity contribution in [1.82, 2.24) is 9.88 Å². The number of benzene rings is 3. The number of anilines is 2. The van der Waals surface area contributed by atoms with Gasteiger partial charge in [-0.3, -0.25) is 9.59 Å². The van der Waals surface area contributed by atoms with Crippen molar-refractivity contribution < 1.29 is 27.5 Å². The molecule has 2 heterocycles. The Labute approximate surface area is 291 Å². The van der Waals surface area contributed by atoms with Gasteiger partial charge in [0.05, 0.1) is 18.8 Å². The molecule has 1 aliphatic heterocycles. The quantitative estimate of drug-likeness (QED) is 0.185. The lowest BCUT2D eigenvalue weighted by atomic mass is 9.91. The minimum absolute atomic E-state index is 0.0391. The summed E-state index contributed by atoms with van der Waals surface area (Å²) >= 11 is 0. The van der Waals surface area contributed by atoms with Gasteiger partial charge in [-0.2, -0.15) is 13.2 Å². The van der Waals surface area contributed by atoms with E-state index in [4.69, 9.17) is 4.74 Å². The molecule has 264 valence electrons. The standard InChI is InChI=1S/C40H45F3N4O3/c1-26-35(31-8-4-5-9-33(31)44-26)36-32(38(36,2)3)24-34(48)47(25-27-10-12-28(13-11-27)40(41,42)43)39(18-6-7-19-39)37(49)45-29-14-16-30(17-15-29)46-20-22-50-23-21-46/h4-5,8-17,32,36,44H,6-7,18-25H2,1-3H3,(H,45,49)/t32-,36+/m1/s1. The van der Waals surface area contributed by atoms with Gasteiger partial charge in [0.15, 0.2) is 0 Å². The van der Waals surface area contributed by atoms with Crippen molar-refractivity contribution in [3.63, 3.8) is 0 Å². The molecule has 50 heavy (non-hydrogen) atoms. The van der Waals surface area contributed by atoms with E-state index in [1.807, 2.05) is 36.4 Å². The Balaban J connectivity index is 1.17. The molecule has 7 nitrogen and oxygen atoms in total. The number of carbonyl (C=O) groups is 2. The summed E-state index contributed by atoms with van der Waals surface area (Å²) in [7, 11) is 0. The zero-order valence-electron chi connectivity index (χ0n) is 28.9. The summed E-state index contributed by atoms with van der Waals surface area (Å²) < 4.78 is 45.8. The number of halogens is 3. The van der Waals surface area contributed by atoms with Crippen molar-refractivity contribution in [2.75, 3.05) is 36.5 Å². The van der Waals surface area contributed by atoms with Crippen LogP contribution in [0.4, 0.5) is 24.5 Å². The van der Waals surface area contributed by atoms with Gasteiger partial charge in [-0.25, -0.2) is 0 Å². The lowest BCUT2D eigenvalue weighted by molar-refractivity contribution is -0.146. The first-order chi connectivity index (χ1) is 23.9. The van der Waals surface area contributed by atoms with Crippen LogP contribution in [-0.2, 0) is 27.0 Å². The number of carbonyl (C=O) groups excluding carboxylic acids is 2. The minimum atomic E-state index is -4.47. The average Bonchev–Trinajstić information content (AvgIpc) is 3.44. The zero-order valence-corrected chi connectivity index (χ0v) is 28.9. The first kappa shape index (κ1) is 34.2. The topological polar surface area (TPSA) is 77.7 Å². The molecule has 1 aromatic heterocycles. The van der Waals surface area contributed by atoms with Crippen molar-refractivity contribution in [2.24, 2.45) is 11.3 Å². The highest BCUT2D eigenvalue weighted by molar-refractivity contribution is 6.01. The van der Waals surface area contributed by atoms with Crippen molar-refractivity contribution in [2.45, 2.75) is 77.1 Å². The summed E-state index contributed by atoms with van der Waals surface area (Å²) in [5.41, 5.74) is 3.59. The lowest BCUT2D eigenvalue weighted by Gasteiger charge is -2.40. The molecule has 10 heteroatoms. The summed E-state index contributed by atoms with van der Waals surface area (Å²) in [6.45, 7) is 9.44. The second-order valence-electron chi connectivity index (χ2n) is 14.8. The maximum Gasteiger partial charge on any atom is 0.416 e. The highest BCUT2D eigenvalue weighted by atomic mass is 19.4. The minimum Gasteiger partial charge on any atom is -0.378 e. The van der Waals surface area contributed by atoms with Crippen LogP contribution in [0.15, 0.2) is 72.8 Å². The number of alkyl halides is 3. The number of ether oxygens (including phenoxy) is 1. The molecule has 3 aliphatic rings. The van der Waals surface area contributed by atoms with E-state index in [1.165, 1.54) is 17.7 Å². The highest BCUT2D eigenvalue weighted by Gasteiger charge is 2.61. The second-order valence-corrected chi connectivity index (χ2v) is 14.8. The second kappa shape index (κ2) is 13.1. The Morgan fingerprint density at radius 1 is 0.960 bits per heavy atom. The van der Waals surface area contributed by atoms with Crippen molar-refractivity contribution >= 4 is 34.1 Å². The van der Waals surface area contributed by atoms with Crippen LogP contribution in [0, 0.1) is 18.3 Å². The number of aromatic amines is 1. The molecular formula is C40H45F3N4O3. The fourth-order valence-corrected chi connectivity index (χ4v) is 8.56. The molecule has 2 aliphatic carbocycles. The molecule has 0 radical (unpaired) electrons. The number of fused-ring (bicyclic) bond motifs is 1. The van der Waals surface area contributed by atoms with Crippen molar-refractivity contribution in [3.05, 3.63) is 95.2 Å². The zero-order chi connectivity index (χ0) is 35.3. The fraction of sp³-hybridized carbons (Fsp3) is 0.450. The molecular weight excluding hydrogens is 641 g/mol. The number of hydrogen-bond acceptors (Lipinski definition) is 4. The van der Waals surface area contributed by atoms with Crippen LogP contribution in [-0.4, -0.2) is 53.5 Å². The van der Waals surface area contributed by atoms with E-state index in [2.05, 4.69) is 48.1 Å². The summed E-state index contributed by atoms with van der Waals surface area (Å²) in [5, 5.41) is 4.28. The normalized spacial score (nSPS) is 21.3. The Kier molecular flexibility index (Phi) is 8.95. The Bertz CT molecular complexity index is 1850. The Morgan fingerprint density at radius 2 is 1.62 bits per heavy atom. The van der Waals surface area contributed by atoms with Gasteiger partial charge in [0.25, 0.3) is 0 Å². The lowest BCUT2D eigenvalue weighted by Crippen LogP contribution is -2.57. The largest absolute Gasteiger partial charge is 0.416 e. The van der Waals surface area contributed by atoms with Crippen molar-refractivity contribution in [1.29, 1.82) is 0 Å². The predicted octanol–water partition coefficient (Wildman–Crippen LogP) is 8.44. The highest BCUT2D eigenvalue weighted by Crippen LogP contribution is 2.67. The summed E-state index contributed by atoms with van der Waals surface area (Å²) in [6, 6.07) is 20.9. The van der Waals surface area contributed by atoms with E-state index in [9.17, 15) is 22.8 Å². The van der Waals surface area contributed by atoms with Crippen LogP contribution in [0.2, 0.25) is 0 Å². The molecule has 1 saturated heterocycles. The van der Waals surface area contributed by atoms with E-state index in [-0.39, 0.29) is 42.0 Å². The van der Waals surface area contributed by atoms with Crippen LogP contribution in [0.5, 0.6) is 0 Å². The van der Waals surface area contributed by atoms with E-state index < -0.39 is 17.3 Å². The molecule has 2 amide bonds. The van der Waals surface area contributed by atoms with Crippen LogP contribution in [0.3, 0.4) is 0 Å². The smallest absolute Gasteiger partial charge is 0.378 e. The van der Waals surface area contributed by atoms with E-state index in [0.717, 1.165) is 60.3 Å². The summed E-state index contributed by atoms with van der Waals surface area (Å²) in [4.78, 5) is 36.5. The third kappa shape index (κ3) is 6.38. The molecule has 0 unspecified atom stereocenters. The summed E-state index contributed by atoms with van der Waals surface area (Å²) in [6.07, 6.45) is -1.73. The van der Waals surface area contributed by atoms with E-state index >= 15 is 0 Å². The Morgan fingerprint density at radius 3 is 2.28 bits per heavy atom. The van der Waals surface area contributed by atoms with Gasteiger partial charge >= 0.3 is 6.18 Å². The number of aryl methyl sites for hydroxylation is 1. The number of nitrogens with zero attached hydrogens (tertiary/aromatic N) is 2. The van der Waals surface area contributed by atoms with Gasteiger partial charge in [0, 0.05) is 54.0 Å². The molecule has 2 atom stereocenters. The van der Waals surface area contributed by atoms with Gasteiger partial charge in [-0.1, -0.05) is 57.0 Å². The average molecular weight is 687 g/mol. The molecule has 4 aromatic rings. The van der Waals surface area contributed by atoms with Crippen LogP contribution in [0.1, 0.15) is 74.3 Å². The van der Waals surface area contributed by atoms with Gasteiger partial charge in [-0.05, 0) is 90.6 Å². The molecule has 2 N–H and O–H groups in total. The number of amides is 2. The van der Waals surface area contributed by atoms with Crippen LogP contribution in [0.25, 0.3) is 10.9 Å². The first-order valence-electron chi connectivity index (χ1n) is 17.7. The SMILES string of the molecule is Cc1[nH]c2ccccc2c1[C@@H]1[C@@H](CC(=O)N(Cc2ccc(C(F)(F)F)cc2)C2(C(=O)Nc3ccc(N4CCOCC4)cc3)CCCC2)C1(C)C. The number of para-hydroxylation sites is 1. The van der Waals surface area contributed by atoms with Crippen LogP contribution < -0.4 is 10.2 Å². The molecule has 0 spiro atoms. The van der Waals surface area contributed by atoms with Gasteiger partial charge in [0.2, 0.25) is 11.8 Å². The maximum absolute atomic E-state index is 14.7. The molecule has 7 rings (SSSR count). The number of aromatic nitrogens is 1. The van der Waals surface area contributed by atoms with E-state index in [0.29, 0.717) is 37.3 Å². The molecule has 2 saturated carbocycles. The third-order valence-electron chi connectivity index (χ3n) is 11.5. The van der Waals surface area contributed by atoms with Gasteiger partial charge in [0.1, 0.15) is 5.54 Å². The number of nitrogens with one attached hydrogen (secondary N) is 2. The van der Waals surface area contributed by atoms with Gasteiger partial charge < -0.3 is 24.8 Å². The number of morpholine rings is 1. The number of hydrogen-bond donors (Lipinski definition) is 2. The fourth-order valence-electron chi connectivity index (χ4n) is 8.56. The van der Waals surface area contributed by atoms with Gasteiger partial charge in [-0.15, -0.1) is 0 Å². The monoisotopic (exact) mass is 686 g/mol. The van der Waals surface area contributed by atoms with Crippen molar-refractivity contribution in [3.8, 4) is 0 Å². The maximum atomic E-state index is 14.7. The number of rotatable bonds is 9. The molecule has 3 aromatic carbocycles. The summed E-state index contributed by atoms with van der Waals surface area (Å²) in [5.74, 6) is -0.220. The van der Waals surface area contributed by atoms with E-state index in [1.54, 1.807) is 4.90 Å².